The molecule has 0 aromatic rings. The number of likely N-dealkylation sites (tertiary alicyclic amines) is 1. The van der Waals surface area contributed by atoms with Gasteiger partial charge in [0.15, 0.2) is 0 Å². The Kier molecular flexibility index (Phi) is 5.94. The van der Waals surface area contributed by atoms with E-state index in [0.717, 1.165) is 18.4 Å². The minimum atomic E-state index is 0.497. The Morgan fingerprint density at radius 3 is 2.29 bits per heavy atom. The molecule has 0 bridgehead atoms. The van der Waals surface area contributed by atoms with Crippen molar-refractivity contribution in [2.24, 2.45) is 23.0 Å². The van der Waals surface area contributed by atoms with E-state index in [1.54, 1.807) is 0 Å². The van der Waals surface area contributed by atoms with E-state index in [0.29, 0.717) is 5.41 Å². The molecule has 0 spiro atoms. The molecule has 1 unspecified atom stereocenters. The van der Waals surface area contributed by atoms with Gasteiger partial charge in [-0.3, -0.25) is 0 Å². The Hall–Kier alpha value is -0.0800. The number of hydrogen-bond acceptors (Lipinski definition) is 2. The molecule has 1 aliphatic rings. The predicted octanol–water partition coefficient (Wildman–Crippen LogP) is 3.12. The number of piperidine rings is 1. The molecule has 1 heterocycles. The highest BCUT2D eigenvalue weighted by Gasteiger charge is 2.28. The molecule has 1 atom stereocenters. The van der Waals surface area contributed by atoms with Crippen molar-refractivity contribution in [1.29, 1.82) is 0 Å². The number of nitrogens with zero attached hydrogens (tertiary/aromatic N) is 1. The summed E-state index contributed by atoms with van der Waals surface area (Å²) in [6.07, 6.45) is 5.23. The van der Waals surface area contributed by atoms with Crippen molar-refractivity contribution < 1.29 is 0 Å². The Labute approximate surface area is 108 Å². The lowest BCUT2D eigenvalue weighted by atomic mass is 9.75. The lowest BCUT2D eigenvalue weighted by molar-refractivity contribution is 0.101. The third-order valence-electron chi connectivity index (χ3n) is 4.28. The number of hydrogen-bond donors (Lipinski definition) is 1. The average Bonchev–Trinajstić information content (AvgIpc) is 2.26. The van der Waals surface area contributed by atoms with Crippen molar-refractivity contribution in [2.75, 3.05) is 26.2 Å². The smallest absolute Gasteiger partial charge is 0.000703 e. The summed E-state index contributed by atoms with van der Waals surface area (Å²) in [7, 11) is 0. The van der Waals surface area contributed by atoms with Gasteiger partial charge in [0.05, 0.1) is 0 Å². The summed E-state index contributed by atoms with van der Waals surface area (Å²) >= 11 is 0. The summed E-state index contributed by atoms with van der Waals surface area (Å²) in [6.45, 7) is 14.2. The normalized spacial score (nSPS) is 21.7. The number of rotatable bonds is 5. The molecule has 0 amide bonds. The summed E-state index contributed by atoms with van der Waals surface area (Å²) in [6, 6.07) is 0. The molecule has 17 heavy (non-hydrogen) atoms. The highest BCUT2D eigenvalue weighted by molar-refractivity contribution is 4.81. The molecular formula is C15H32N2. The van der Waals surface area contributed by atoms with E-state index < -0.39 is 0 Å². The van der Waals surface area contributed by atoms with Gasteiger partial charge in [0.1, 0.15) is 0 Å². The highest BCUT2D eigenvalue weighted by Crippen LogP contribution is 2.34. The standard InChI is InChI=1S/C15H32N2/c1-13(6-5-9-16)12-17-10-7-14(8-11-17)15(2,3)4/h13-14H,5-12,16H2,1-4H3. The first-order valence-electron chi connectivity index (χ1n) is 7.36. The van der Waals surface area contributed by atoms with Crippen molar-refractivity contribution in [3.8, 4) is 0 Å². The Bertz CT molecular complexity index is 199. The van der Waals surface area contributed by atoms with Crippen molar-refractivity contribution >= 4 is 0 Å². The fourth-order valence-corrected chi connectivity index (χ4v) is 2.98. The van der Waals surface area contributed by atoms with Crippen LogP contribution in [0.3, 0.4) is 0 Å². The Morgan fingerprint density at radius 1 is 1.24 bits per heavy atom. The minimum Gasteiger partial charge on any atom is -0.330 e. The molecule has 102 valence electrons. The van der Waals surface area contributed by atoms with Crippen LogP contribution in [0.25, 0.3) is 0 Å². The van der Waals surface area contributed by atoms with Crippen LogP contribution in [0.2, 0.25) is 0 Å². The second-order valence-electron chi connectivity index (χ2n) is 6.98. The molecule has 0 aromatic heterocycles. The predicted molar refractivity (Wildman–Crippen MR) is 76.1 cm³/mol. The summed E-state index contributed by atoms with van der Waals surface area (Å²) in [5, 5.41) is 0. The van der Waals surface area contributed by atoms with Crippen LogP contribution < -0.4 is 5.73 Å². The van der Waals surface area contributed by atoms with Crippen LogP contribution in [0.15, 0.2) is 0 Å². The van der Waals surface area contributed by atoms with Crippen molar-refractivity contribution in [3.05, 3.63) is 0 Å². The van der Waals surface area contributed by atoms with Crippen LogP contribution >= 0.6 is 0 Å². The zero-order valence-corrected chi connectivity index (χ0v) is 12.3. The van der Waals surface area contributed by atoms with Gasteiger partial charge < -0.3 is 10.6 Å². The second-order valence-corrected chi connectivity index (χ2v) is 6.98. The van der Waals surface area contributed by atoms with Crippen LogP contribution in [0.1, 0.15) is 53.4 Å². The monoisotopic (exact) mass is 240 g/mol. The average molecular weight is 240 g/mol. The van der Waals surface area contributed by atoms with E-state index in [-0.39, 0.29) is 0 Å². The lowest BCUT2D eigenvalue weighted by Crippen LogP contribution is -2.40. The molecule has 0 aliphatic carbocycles. The molecule has 0 saturated carbocycles. The fraction of sp³-hybridized carbons (Fsp3) is 1.00. The summed E-state index contributed by atoms with van der Waals surface area (Å²) in [4.78, 5) is 2.66. The van der Waals surface area contributed by atoms with E-state index in [1.807, 2.05) is 0 Å². The zero-order chi connectivity index (χ0) is 12.9. The van der Waals surface area contributed by atoms with Gasteiger partial charge in [0.25, 0.3) is 0 Å². The van der Waals surface area contributed by atoms with Gasteiger partial charge in [0.2, 0.25) is 0 Å². The maximum atomic E-state index is 5.56. The van der Waals surface area contributed by atoms with Gasteiger partial charge in [-0.2, -0.15) is 0 Å². The highest BCUT2D eigenvalue weighted by atomic mass is 15.1. The topological polar surface area (TPSA) is 29.3 Å². The van der Waals surface area contributed by atoms with Gasteiger partial charge in [-0.1, -0.05) is 27.7 Å². The third-order valence-corrected chi connectivity index (χ3v) is 4.28. The largest absolute Gasteiger partial charge is 0.330 e. The van der Waals surface area contributed by atoms with Crippen LogP contribution in [0.5, 0.6) is 0 Å². The fourth-order valence-electron chi connectivity index (χ4n) is 2.98. The summed E-state index contributed by atoms with van der Waals surface area (Å²) in [5.41, 5.74) is 6.06. The molecule has 1 saturated heterocycles. The van der Waals surface area contributed by atoms with Gasteiger partial charge in [-0.25, -0.2) is 0 Å². The summed E-state index contributed by atoms with van der Waals surface area (Å²) < 4.78 is 0. The van der Waals surface area contributed by atoms with E-state index in [2.05, 4.69) is 32.6 Å². The molecule has 1 aliphatic heterocycles. The van der Waals surface area contributed by atoms with E-state index in [9.17, 15) is 0 Å². The molecule has 0 aromatic carbocycles. The SMILES string of the molecule is CC(CCCN)CN1CCC(C(C)(C)C)CC1. The summed E-state index contributed by atoms with van der Waals surface area (Å²) in [5.74, 6) is 1.72. The molecule has 2 heteroatoms. The van der Waals surface area contributed by atoms with Crippen LogP contribution in [-0.2, 0) is 0 Å². The maximum Gasteiger partial charge on any atom is 0.000703 e. The van der Waals surface area contributed by atoms with Crippen LogP contribution in [0.4, 0.5) is 0 Å². The van der Waals surface area contributed by atoms with Gasteiger partial charge in [-0.15, -0.1) is 0 Å². The third kappa shape index (κ3) is 5.39. The second kappa shape index (κ2) is 6.75. The van der Waals surface area contributed by atoms with Gasteiger partial charge in [-0.05, 0) is 62.6 Å². The quantitative estimate of drug-likeness (QED) is 0.800. The van der Waals surface area contributed by atoms with Crippen molar-refractivity contribution in [2.45, 2.75) is 53.4 Å². The molecule has 1 rings (SSSR count). The Balaban J connectivity index is 2.23. The molecule has 0 radical (unpaired) electrons. The Morgan fingerprint density at radius 2 is 1.82 bits per heavy atom. The van der Waals surface area contributed by atoms with E-state index in [1.165, 1.54) is 45.3 Å². The molecule has 2 N–H and O–H groups in total. The molecule has 2 nitrogen and oxygen atoms in total. The van der Waals surface area contributed by atoms with E-state index >= 15 is 0 Å². The molecular weight excluding hydrogens is 208 g/mol. The van der Waals surface area contributed by atoms with Gasteiger partial charge in [0, 0.05) is 6.54 Å². The van der Waals surface area contributed by atoms with Gasteiger partial charge >= 0.3 is 0 Å². The van der Waals surface area contributed by atoms with Crippen molar-refractivity contribution in [1.82, 2.24) is 4.90 Å². The van der Waals surface area contributed by atoms with Crippen LogP contribution in [0, 0.1) is 17.3 Å². The maximum absolute atomic E-state index is 5.56. The van der Waals surface area contributed by atoms with E-state index in [4.69, 9.17) is 5.73 Å². The first-order chi connectivity index (χ1) is 7.93. The number of nitrogens with two attached hydrogens (primary N) is 1. The molecule has 1 fully saturated rings. The lowest BCUT2D eigenvalue weighted by Gasteiger charge is -2.39. The zero-order valence-electron chi connectivity index (χ0n) is 12.3. The first-order valence-corrected chi connectivity index (χ1v) is 7.36. The minimum absolute atomic E-state index is 0.497. The van der Waals surface area contributed by atoms with Crippen molar-refractivity contribution in [3.63, 3.8) is 0 Å². The first kappa shape index (κ1) is 15.0. The van der Waals surface area contributed by atoms with Crippen LogP contribution in [-0.4, -0.2) is 31.1 Å².